The van der Waals surface area contributed by atoms with Crippen LogP contribution >= 0.6 is 0 Å². The van der Waals surface area contributed by atoms with Crippen LogP contribution in [-0.2, 0) is 11.2 Å². The van der Waals surface area contributed by atoms with Crippen molar-refractivity contribution in [3.05, 3.63) is 73.8 Å². The van der Waals surface area contributed by atoms with Gasteiger partial charge in [-0.2, -0.15) is 0 Å². The summed E-state index contributed by atoms with van der Waals surface area (Å²) in [5.41, 5.74) is -0.592. The maximum atomic E-state index is 12.0. The quantitative estimate of drug-likeness (QED) is 0.424. The Balaban J connectivity index is 2.34. The highest BCUT2D eigenvalue weighted by Gasteiger charge is 2.29. The van der Waals surface area contributed by atoms with Crippen LogP contribution in [0.15, 0.2) is 42.5 Å². The number of nitro benzene ring substituents is 2. The lowest BCUT2D eigenvalue weighted by Gasteiger charge is -2.11. The molecule has 0 spiro atoms. The molecule has 2 rings (SSSR count). The number of nitro groups is 2. The number of nitrogens with zero attached hydrogens (tertiary/aromatic N) is 2. The maximum Gasteiger partial charge on any atom is 0.338 e. The summed E-state index contributed by atoms with van der Waals surface area (Å²) in [5.74, 6) is -0.855. The van der Waals surface area contributed by atoms with Gasteiger partial charge in [0.05, 0.1) is 21.5 Å². The van der Waals surface area contributed by atoms with Gasteiger partial charge in [0.25, 0.3) is 11.4 Å². The monoisotopic (exact) mass is 373 g/mol. The fourth-order valence-electron chi connectivity index (χ4n) is 2.46. The van der Waals surface area contributed by atoms with Gasteiger partial charge < -0.3 is 10.1 Å². The van der Waals surface area contributed by atoms with Crippen molar-refractivity contribution in [2.75, 3.05) is 11.9 Å². The zero-order chi connectivity index (χ0) is 20.0. The molecule has 0 amide bonds. The third-order valence-corrected chi connectivity index (χ3v) is 3.63. The molecule has 2 aromatic carbocycles. The van der Waals surface area contributed by atoms with Crippen LogP contribution in [0.1, 0.15) is 29.8 Å². The van der Waals surface area contributed by atoms with E-state index < -0.39 is 33.3 Å². The van der Waals surface area contributed by atoms with E-state index in [9.17, 15) is 25.0 Å². The van der Waals surface area contributed by atoms with Crippen molar-refractivity contribution in [3.63, 3.8) is 0 Å². The van der Waals surface area contributed by atoms with Crippen LogP contribution in [0.2, 0.25) is 0 Å². The first kappa shape index (κ1) is 19.8. The lowest BCUT2D eigenvalue weighted by Crippen LogP contribution is -2.14. The second-order valence-electron chi connectivity index (χ2n) is 6.02. The molecule has 0 saturated heterocycles. The molecule has 0 unspecified atom stereocenters. The highest BCUT2D eigenvalue weighted by Crippen LogP contribution is 2.36. The summed E-state index contributed by atoms with van der Waals surface area (Å²) < 4.78 is 4.98. The molecule has 2 aromatic rings. The minimum absolute atomic E-state index is 0.234. The second-order valence-corrected chi connectivity index (χ2v) is 6.02. The zero-order valence-corrected chi connectivity index (χ0v) is 14.9. The SMILES string of the molecule is CC(C)OC(=O)c1cc([N+](=O)[O-])c(NCCc2ccccc2)c([N+](=O)[O-])c1. The third kappa shape index (κ3) is 5.24. The number of hydrogen-bond acceptors (Lipinski definition) is 7. The molecular formula is C18H19N3O6. The predicted octanol–water partition coefficient (Wildman–Crippen LogP) is 3.72. The Morgan fingerprint density at radius 3 is 2.11 bits per heavy atom. The fourth-order valence-corrected chi connectivity index (χ4v) is 2.46. The van der Waals surface area contributed by atoms with E-state index in [0.29, 0.717) is 6.42 Å². The smallest absolute Gasteiger partial charge is 0.338 e. The summed E-state index contributed by atoms with van der Waals surface area (Å²) in [6.45, 7) is 3.47. The van der Waals surface area contributed by atoms with Gasteiger partial charge in [-0.15, -0.1) is 0 Å². The molecule has 0 aliphatic carbocycles. The van der Waals surface area contributed by atoms with Crippen LogP contribution in [0.5, 0.6) is 0 Å². The van der Waals surface area contributed by atoms with Crippen LogP contribution in [-0.4, -0.2) is 28.5 Å². The molecule has 0 atom stereocenters. The Kier molecular flexibility index (Phi) is 6.42. The van der Waals surface area contributed by atoms with Crippen molar-refractivity contribution in [2.45, 2.75) is 26.4 Å². The van der Waals surface area contributed by atoms with Crippen LogP contribution in [0, 0.1) is 20.2 Å². The number of nitrogens with one attached hydrogen (secondary N) is 1. The van der Waals surface area contributed by atoms with Crippen molar-refractivity contribution in [2.24, 2.45) is 0 Å². The van der Waals surface area contributed by atoms with Gasteiger partial charge >= 0.3 is 5.97 Å². The Hall–Kier alpha value is -3.49. The molecule has 0 radical (unpaired) electrons. The van der Waals surface area contributed by atoms with Gasteiger partial charge in [-0.3, -0.25) is 20.2 Å². The summed E-state index contributed by atoms with van der Waals surface area (Å²) in [4.78, 5) is 33.3. The van der Waals surface area contributed by atoms with Crippen LogP contribution < -0.4 is 5.32 Å². The van der Waals surface area contributed by atoms with Crippen LogP contribution in [0.3, 0.4) is 0 Å². The van der Waals surface area contributed by atoms with Crippen LogP contribution in [0.4, 0.5) is 17.1 Å². The summed E-state index contributed by atoms with van der Waals surface area (Å²) in [7, 11) is 0. The Bertz CT molecular complexity index is 816. The van der Waals surface area contributed by atoms with E-state index in [1.807, 2.05) is 30.3 Å². The normalized spacial score (nSPS) is 10.5. The lowest BCUT2D eigenvalue weighted by atomic mass is 10.1. The van der Waals surface area contributed by atoms with E-state index >= 15 is 0 Å². The molecular weight excluding hydrogens is 354 g/mol. The van der Waals surface area contributed by atoms with E-state index in [2.05, 4.69) is 5.32 Å². The number of carbonyl (C=O) groups is 1. The third-order valence-electron chi connectivity index (χ3n) is 3.63. The second kappa shape index (κ2) is 8.75. The Morgan fingerprint density at radius 1 is 1.07 bits per heavy atom. The van der Waals surface area contributed by atoms with Gasteiger partial charge in [0.2, 0.25) is 0 Å². The van der Waals surface area contributed by atoms with Crippen molar-refractivity contribution in [3.8, 4) is 0 Å². The Morgan fingerprint density at radius 2 is 1.63 bits per heavy atom. The zero-order valence-electron chi connectivity index (χ0n) is 14.9. The maximum absolute atomic E-state index is 12.0. The van der Waals surface area contributed by atoms with E-state index in [1.165, 1.54) is 0 Å². The first-order valence-electron chi connectivity index (χ1n) is 8.25. The number of hydrogen-bond donors (Lipinski definition) is 1. The first-order chi connectivity index (χ1) is 12.8. The van der Waals surface area contributed by atoms with E-state index in [1.54, 1.807) is 13.8 Å². The molecule has 0 saturated carbocycles. The fraction of sp³-hybridized carbons (Fsp3) is 0.278. The Labute approximate surface area is 155 Å². The van der Waals surface area contributed by atoms with Gasteiger partial charge in [-0.1, -0.05) is 30.3 Å². The molecule has 27 heavy (non-hydrogen) atoms. The molecule has 0 aromatic heterocycles. The number of rotatable bonds is 8. The number of esters is 1. The van der Waals surface area contributed by atoms with Crippen molar-refractivity contribution in [1.82, 2.24) is 0 Å². The summed E-state index contributed by atoms with van der Waals surface area (Å²) in [5, 5.41) is 25.6. The molecule has 0 fully saturated rings. The minimum atomic E-state index is -0.855. The lowest BCUT2D eigenvalue weighted by molar-refractivity contribution is -0.392. The first-order valence-corrected chi connectivity index (χ1v) is 8.25. The highest BCUT2D eigenvalue weighted by atomic mass is 16.6. The van der Waals surface area contributed by atoms with Crippen molar-refractivity contribution in [1.29, 1.82) is 0 Å². The molecule has 1 N–H and O–H groups in total. The van der Waals surface area contributed by atoms with E-state index in [-0.39, 0.29) is 17.8 Å². The number of ether oxygens (including phenoxy) is 1. The summed E-state index contributed by atoms with van der Waals surface area (Å²) in [6.07, 6.45) is 0.0611. The molecule has 0 heterocycles. The average molecular weight is 373 g/mol. The summed E-state index contributed by atoms with van der Waals surface area (Å²) in [6, 6.07) is 11.3. The van der Waals surface area contributed by atoms with Crippen molar-refractivity contribution >= 4 is 23.0 Å². The molecule has 0 bridgehead atoms. The highest BCUT2D eigenvalue weighted by molar-refractivity contribution is 5.94. The van der Waals surface area contributed by atoms with Gasteiger partial charge in [-0.05, 0) is 25.8 Å². The van der Waals surface area contributed by atoms with Gasteiger partial charge in [0.1, 0.15) is 0 Å². The van der Waals surface area contributed by atoms with Crippen molar-refractivity contribution < 1.29 is 19.4 Å². The topological polar surface area (TPSA) is 125 Å². The van der Waals surface area contributed by atoms with Crippen LogP contribution in [0.25, 0.3) is 0 Å². The largest absolute Gasteiger partial charge is 0.459 e. The molecule has 0 aliphatic heterocycles. The van der Waals surface area contributed by atoms with Gasteiger partial charge in [0.15, 0.2) is 5.69 Å². The predicted molar refractivity (Wildman–Crippen MR) is 98.9 cm³/mol. The number of anilines is 1. The minimum Gasteiger partial charge on any atom is -0.459 e. The molecule has 0 aliphatic rings. The number of carbonyl (C=O) groups excluding carboxylic acids is 1. The number of benzene rings is 2. The molecule has 9 heteroatoms. The molecule has 142 valence electrons. The standard InChI is InChI=1S/C18H19N3O6/c1-12(2)27-18(22)14-10-15(20(23)24)17(16(11-14)21(25)26)19-9-8-13-6-4-3-5-7-13/h3-7,10-12,19H,8-9H2,1-2H3. The average Bonchev–Trinajstić information content (AvgIpc) is 2.61. The van der Waals surface area contributed by atoms with E-state index in [4.69, 9.17) is 4.74 Å². The van der Waals surface area contributed by atoms with E-state index in [0.717, 1.165) is 17.7 Å². The van der Waals surface area contributed by atoms with Gasteiger partial charge in [0, 0.05) is 18.7 Å². The summed E-state index contributed by atoms with van der Waals surface area (Å²) >= 11 is 0. The van der Waals surface area contributed by atoms with Gasteiger partial charge in [-0.25, -0.2) is 4.79 Å². The molecule has 9 nitrogen and oxygen atoms in total.